The number of aliphatic hydroxyl groups excluding tert-OH is 11. The molecule has 12 N–H and O–H groups in total. The van der Waals surface area contributed by atoms with Crippen LogP contribution in [0.3, 0.4) is 0 Å². The lowest BCUT2D eigenvalue weighted by molar-refractivity contribution is -0.379. The lowest BCUT2D eigenvalue weighted by Gasteiger charge is -2.48. The molecule has 0 aliphatic carbocycles. The molecule has 3 saturated heterocycles. The van der Waals surface area contributed by atoms with E-state index in [0.717, 1.165) is 109 Å². The molecule has 3 rings (SSSR count). The Kier molecular flexibility index (Phi) is 51.1. The van der Waals surface area contributed by atoms with E-state index in [9.17, 15) is 61.0 Å². The Bertz CT molecular complexity index is 2100. The van der Waals surface area contributed by atoms with Crippen molar-refractivity contribution in [2.75, 3.05) is 26.4 Å². The van der Waals surface area contributed by atoms with Crippen LogP contribution in [0.4, 0.5) is 0 Å². The van der Waals surface area contributed by atoms with Crippen molar-refractivity contribution < 1.29 is 89.4 Å². The van der Waals surface area contributed by atoms with Crippen LogP contribution in [0.1, 0.15) is 245 Å². The third kappa shape index (κ3) is 37.6. The zero-order valence-electron chi connectivity index (χ0n) is 58.1. The van der Waals surface area contributed by atoms with Gasteiger partial charge in [0.15, 0.2) is 18.9 Å². The summed E-state index contributed by atoms with van der Waals surface area (Å²) in [5, 5.41) is 121. The number of hydrogen-bond acceptors (Lipinski definition) is 18. The van der Waals surface area contributed by atoms with Gasteiger partial charge in [-0.15, -0.1) is 0 Å². The molecule has 3 aliphatic rings. The van der Waals surface area contributed by atoms with Gasteiger partial charge < -0.3 is 89.9 Å². The van der Waals surface area contributed by atoms with Gasteiger partial charge in [0, 0.05) is 6.42 Å². The second-order valence-electron chi connectivity index (χ2n) is 26.0. The van der Waals surface area contributed by atoms with E-state index in [1.807, 2.05) is 0 Å². The molecule has 17 unspecified atom stereocenters. The SMILES string of the molecule is CC/C=C\C/C=C\C/C=C\C/C=C\C/C=C\C/C=C\C/C=C\C/C=C\CCCCCCCCCCCCC(=O)NC(COC1OC(CO)C(OC2OC(CO)C(OC3OC(CO)C(O)C(O)C3O)C(O)C2O)C(O)C1O)C(O)CCCCCCCCCCCCCCCCC. The summed E-state index contributed by atoms with van der Waals surface area (Å²) in [6.07, 6.45) is 47.7. The van der Waals surface area contributed by atoms with Crippen molar-refractivity contribution in [2.24, 2.45) is 0 Å². The van der Waals surface area contributed by atoms with Crippen LogP contribution < -0.4 is 5.32 Å². The molecule has 1 amide bonds. The first-order valence-corrected chi connectivity index (χ1v) is 37.0. The average Bonchev–Trinajstić information content (AvgIpc) is 0.799. The summed E-state index contributed by atoms with van der Waals surface area (Å²) in [5.41, 5.74) is 0. The van der Waals surface area contributed by atoms with Gasteiger partial charge in [-0.3, -0.25) is 4.79 Å². The Morgan fingerprint density at radius 1 is 0.389 bits per heavy atom. The van der Waals surface area contributed by atoms with Crippen molar-refractivity contribution in [2.45, 2.75) is 349 Å². The van der Waals surface area contributed by atoms with E-state index in [1.165, 1.54) is 103 Å². The van der Waals surface area contributed by atoms with Gasteiger partial charge >= 0.3 is 0 Å². The third-order valence-electron chi connectivity index (χ3n) is 17.9. The molecule has 17 atom stereocenters. The highest BCUT2D eigenvalue weighted by atomic mass is 16.8. The molecule has 3 heterocycles. The van der Waals surface area contributed by atoms with Crippen LogP contribution in [0.15, 0.2) is 97.2 Å². The van der Waals surface area contributed by atoms with Crippen molar-refractivity contribution in [1.29, 1.82) is 0 Å². The monoisotopic (exact) mass is 1350 g/mol. The molecule has 0 aromatic heterocycles. The Morgan fingerprint density at radius 2 is 0.726 bits per heavy atom. The molecule has 0 aromatic carbocycles. The van der Waals surface area contributed by atoms with Crippen LogP contribution in [0, 0.1) is 0 Å². The van der Waals surface area contributed by atoms with Crippen LogP contribution in [0.25, 0.3) is 0 Å². The van der Waals surface area contributed by atoms with Crippen LogP contribution in [-0.2, 0) is 33.2 Å². The van der Waals surface area contributed by atoms with E-state index in [-0.39, 0.29) is 18.9 Å². The second kappa shape index (κ2) is 56.5. The number of rotatable bonds is 56. The minimum Gasteiger partial charge on any atom is -0.394 e. The van der Waals surface area contributed by atoms with Gasteiger partial charge in [-0.05, 0) is 77.0 Å². The number of hydrogen-bond donors (Lipinski definition) is 12. The summed E-state index contributed by atoms with van der Waals surface area (Å²) >= 11 is 0. The second-order valence-corrected chi connectivity index (χ2v) is 26.0. The largest absolute Gasteiger partial charge is 0.394 e. The molecule has 0 bridgehead atoms. The zero-order valence-corrected chi connectivity index (χ0v) is 58.1. The quantitative estimate of drug-likeness (QED) is 0.0199. The van der Waals surface area contributed by atoms with Gasteiger partial charge in [0.2, 0.25) is 5.91 Å². The summed E-state index contributed by atoms with van der Waals surface area (Å²) in [5.74, 6) is -0.251. The summed E-state index contributed by atoms with van der Waals surface area (Å²) in [4.78, 5) is 13.4. The fourth-order valence-corrected chi connectivity index (χ4v) is 12.0. The molecule has 0 aromatic rings. The molecular weight excluding hydrogens is 1210 g/mol. The number of nitrogens with one attached hydrogen (secondary N) is 1. The summed E-state index contributed by atoms with van der Waals surface area (Å²) in [6, 6.07) is -0.896. The Hall–Kier alpha value is -3.29. The van der Waals surface area contributed by atoms with E-state index in [0.29, 0.717) is 12.8 Å². The zero-order chi connectivity index (χ0) is 68.9. The Morgan fingerprint density at radius 3 is 1.14 bits per heavy atom. The fourth-order valence-electron chi connectivity index (χ4n) is 12.0. The van der Waals surface area contributed by atoms with Crippen molar-refractivity contribution >= 4 is 5.91 Å². The van der Waals surface area contributed by atoms with Crippen molar-refractivity contribution in [3.05, 3.63) is 97.2 Å². The lowest BCUT2D eigenvalue weighted by atomic mass is 9.96. The molecule has 3 fully saturated rings. The topological polar surface area (TPSA) is 307 Å². The molecule has 0 saturated carbocycles. The highest BCUT2D eigenvalue weighted by Gasteiger charge is 2.53. The highest BCUT2D eigenvalue weighted by Crippen LogP contribution is 2.33. The number of amides is 1. The van der Waals surface area contributed by atoms with Crippen molar-refractivity contribution in [3.63, 3.8) is 0 Å². The molecule has 548 valence electrons. The number of aliphatic hydroxyl groups is 11. The van der Waals surface area contributed by atoms with Gasteiger partial charge in [-0.1, -0.05) is 259 Å². The molecule has 19 heteroatoms. The van der Waals surface area contributed by atoms with E-state index >= 15 is 0 Å². The van der Waals surface area contributed by atoms with E-state index in [2.05, 4.69) is 116 Å². The van der Waals surface area contributed by atoms with Crippen LogP contribution in [0.2, 0.25) is 0 Å². The van der Waals surface area contributed by atoms with Crippen LogP contribution in [-0.4, -0.2) is 193 Å². The number of carbonyl (C=O) groups excluding carboxylic acids is 1. The Balaban J connectivity index is 1.36. The summed E-state index contributed by atoms with van der Waals surface area (Å²) < 4.78 is 34.4. The van der Waals surface area contributed by atoms with E-state index in [1.54, 1.807) is 0 Å². The fraction of sp³-hybridized carbons (Fsp3) is 0.776. The molecule has 3 aliphatic heterocycles. The van der Waals surface area contributed by atoms with Gasteiger partial charge in [-0.25, -0.2) is 0 Å². The van der Waals surface area contributed by atoms with Crippen molar-refractivity contribution in [3.8, 4) is 0 Å². The van der Waals surface area contributed by atoms with Crippen LogP contribution in [0.5, 0.6) is 0 Å². The summed E-state index contributed by atoms with van der Waals surface area (Å²) in [7, 11) is 0. The first-order valence-electron chi connectivity index (χ1n) is 37.0. The molecular formula is C76H131NO18. The van der Waals surface area contributed by atoms with Gasteiger partial charge in [0.05, 0.1) is 38.6 Å². The number of unbranched alkanes of at least 4 members (excludes halogenated alkanes) is 24. The molecule has 19 nitrogen and oxygen atoms in total. The highest BCUT2D eigenvalue weighted by molar-refractivity contribution is 5.76. The predicted octanol–water partition coefficient (Wildman–Crippen LogP) is 10.8. The van der Waals surface area contributed by atoms with Gasteiger partial charge in [0.25, 0.3) is 0 Å². The van der Waals surface area contributed by atoms with Gasteiger partial charge in [-0.2, -0.15) is 0 Å². The maximum absolute atomic E-state index is 13.4. The first-order chi connectivity index (χ1) is 46.3. The number of allylic oxidation sites excluding steroid dienone is 16. The maximum atomic E-state index is 13.4. The molecule has 0 spiro atoms. The maximum Gasteiger partial charge on any atom is 0.220 e. The normalized spacial score (nSPS) is 27.8. The third-order valence-corrected chi connectivity index (χ3v) is 17.9. The van der Waals surface area contributed by atoms with Crippen LogP contribution >= 0.6 is 0 Å². The first kappa shape index (κ1) is 85.9. The summed E-state index contributed by atoms with van der Waals surface area (Å²) in [6.45, 7) is 1.68. The lowest BCUT2D eigenvalue weighted by Crippen LogP contribution is -2.66. The smallest absolute Gasteiger partial charge is 0.220 e. The minimum absolute atomic E-state index is 0.251. The predicted molar refractivity (Wildman–Crippen MR) is 374 cm³/mol. The number of carbonyl (C=O) groups is 1. The minimum atomic E-state index is -1.98. The van der Waals surface area contributed by atoms with Gasteiger partial charge in [0.1, 0.15) is 73.2 Å². The van der Waals surface area contributed by atoms with E-state index in [4.69, 9.17) is 28.4 Å². The average molecular weight is 1350 g/mol. The Labute approximate surface area is 571 Å². The molecule has 95 heavy (non-hydrogen) atoms. The standard InChI is InChI=1S/C76H131NO18/c1-3-5-7-9-11-13-15-17-19-20-21-22-23-24-25-26-27-28-29-30-31-32-33-34-35-36-37-38-40-42-44-46-48-50-52-54-64(82)77-59(60(81)53-51-49-47-45-43-41-39-18-16-14-12-10-8-6-4-2)58-90-74-70(88)67(85)72(62(56-79)92-74)95-76-71(89)68(86)73(63(57-80)93-76)94-75-69(87)66(84)65(83)61(55-78)91-75/h5,7,11,13,17,19,21-22,24-25,27-28,30-31,33-34,59-63,65-76,78-81,83-89H,3-4,6,8-10,12,14-16,18,20,23,26,29,32,35-58H2,1-2H3,(H,77,82)/b7-5-,13-11-,19-17-,22-21-,25-24-,28-27-,31-30-,34-33-. The molecule has 0 radical (unpaired) electrons. The van der Waals surface area contributed by atoms with E-state index < -0.39 is 124 Å². The van der Waals surface area contributed by atoms with Crippen molar-refractivity contribution in [1.82, 2.24) is 5.32 Å². The number of ether oxygens (including phenoxy) is 6.